The molecule has 0 unspecified atom stereocenters. The fourth-order valence-electron chi connectivity index (χ4n) is 2.81. The number of hydrogen-bond donors (Lipinski definition) is 0. The predicted octanol–water partition coefficient (Wildman–Crippen LogP) is 3.18. The summed E-state index contributed by atoms with van der Waals surface area (Å²) in [7, 11) is 4.38. The Labute approximate surface area is 162 Å². The van der Waals surface area contributed by atoms with Crippen molar-refractivity contribution in [2.75, 3.05) is 27.9 Å². The lowest BCUT2D eigenvalue weighted by Crippen LogP contribution is -2.13. The minimum Gasteiger partial charge on any atom is -0.493 e. The van der Waals surface area contributed by atoms with Gasteiger partial charge in [0.25, 0.3) is 0 Å². The van der Waals surface area contributed by atoms with Gasteiger partial charge in [-0.15, -0.1) is 0 Å². The van der Waals surface area contributed by atoms with Crippen LogP contribution in [0.25, 0.3) is 6.08 Å². The third-order valence-corrected chi connectivity index (χ3v) is 4.32. The minimum atomic E-state index is -0.495. The first-order chi connectivity index (χ1) is 13.5. The lowest BCUT2D eigenvalue weighted by Gasteiger charge is -2.10. The largest absolute Gasteiger partial charge is 0.493 e. The Morgan fingerprint density at radius 3 is 2.43 bits per heavy atom. The molecule has 1 aliphatic heterocycles. The van der Waals surface area contributed by atoms with Crippen molar-refractivity contribution >= 4 is 17.8 Å². The van der Waals surface area contributed by atoms with Crippen LogP contribution in [0.4, 0.5) is 0 Å². The Morgan fingerprint density at radius 1 is 1.04 bits per heavy atom. The van der Waals surface area contributed by atoms with Crippen LogP contribution in [0.15, 0.2) is 36.1 Å². The highest BCUT2D eigenvalue weighted by Crippen LogP contribution is 2.39. The molecule has 2 aromatic carbocycles. The van der Waals surface area contributed by atoms with Crippen LogP contribution in [0.3, 0.4) is 0 Å². The average molecular weight is 384 g/mol. The van der Waals surface area contributed by atoms with Gasteiger partial charge >= 0.3 is 5.97 Å². The molecule has 1 aliphatic rings. The Hall–Kier alpha value is -3.48. The van der Waals surface area contributed by atoms with Gasteiger partial charge in [-0.05, 0) is 42.8 Å². The van der Waals surface area contributed by atoms with E-state index in [4.69, 9.17) is 18.9 Å². The molecular weight excluding hydrogens is 364 g/mol. The Morgan fingerprint density at radius 2 is 1.75 bits per heavy atom. The Balaban J connectivity index is 1.88. The molecular formula is C21H20O7. The monoisotopic (exact) mass is 384 g/mol. The van der Waals surface area contributed by atoms with Gasteiger partial charge in [-0.1, -0.05) is 6.07 Å². The van der Waals surface area contributed by atoms with Gasteiger partial charge in [0.15, 0.2) is 23.9 Å². The van der Waals surface area contributed by atoms with Crippen LogP contribution in [0.2, 0.25) is 0 Å². The van der Waals surface area contributed by atoms with E-state index in [1.165, 1.54) is 7.11 Å². The average Bonchev–Trinajstić information content (AvgIpc) is 3.03. The Kier molecular flexibility index (Phi) is 5.54. The number of ketones is 1. The van der Waals surface area contributed by atoms with Crippen LogP contribution < -0.4 is 18.9 Å². The topological polar surface area (TPSA) is 80.3 Å². The number of Topliss-reactive ketones (excluding diaryl/α,β-unsaturated/α-hetero) is 1. The molecule has 0 aliphatic carbocycles. The molecule has 0 amide bonds. The second kappa shape index (κ2) is 8.04. The molecule has 3 rings (SSSR count). The highest BCUT2D eigenvalue weighted by Gasteiger charge is 2.30. The van der Waals surface area contributed by atoms with Gasteiger partial charge in [0, 0.05) is 5.56 Å². The van der Waals surface area contributed by atoms with Gasteiger partial charge < -0.3 is 23.7 Å². The molecule has 7 nitrogen and oxygen atoms in total. The fraction of sp³-hybridized carbons (Fsp3) is 0.238. The second-order valence-corrected chi connectivity index (χ2v) is 5.98. The molecule has 0 aromatic heterocycles. The highest BCUT2D eigenvalue weighted by molar-refractivity contribution is 6.15. The molecule has 2 aromatic rings. The first-order valence-electron chi connectivity index (χ1n) is 8.48. The SMILES string of the molecule is COC(=O)COc1ccc2c(c1C)OC(=Cc1ccc(OC)c(OC)c1)C2=O. The van der Waals surface area contributed by atoms with Crippen molar-refractivity contribution in [1.82, 2.24) is 0 Å². The summed E-state index contributed by atoms with van der Waals surface area (Å²) in [5, 5.41) is 0. The van der Waals surface area contributed by atoms with Crippen LogP contribution >= 0.6 is 0 Å². The number of allylic oxidation sites excluding steroid dienone is 1. The van der Waals surface area contributed by atoms with E-state index in [0.29, 0.717) is 34.1 Å². The van der Waals surface area contributed by atoms with Gasteiger partial charge in [-0.25, -0.2) is 4.79 Å². The fourth-order valence-corrected chi connectivity index (χ4v) is 2.81. The molecule has 0 spiro atoms. The van der Waals surface area contributed by atoms with Crippen molar-refractivity contribution in [3.63, 3.8) is 0 Å². The van der Waals surface area contributed by atoms with E-state index in [9.17, 15) is 9.59 Å². The third-order valence-electron chi connectivity index (χ3n) is 4.32. The van der Waals surface area contributed by atoms with E-state index >= 15 is 0 Å². The number of esters is 1. The smallest absolute Gasteiger partial charge is 0.343 e. The van der Waals surface area contributed by atoms with E-state index in [1.54, 1.807) is 57.6 Å². The van der Waals surface area contributed by atoms with Crippen molar-refractivity contribution < 1.29 is 33.3 Å². The van der Waals surface area contributed by atoms with Gasteiger partial charge in [0.2, 0.25) is 5.78 Å². The second-order valence-electron chi connectivity index (χ2n) is 5.98. The molecule has 0 saturated heterocycles. The summed E-state index contributed by atoms with van der Waals surface area (Å²) in [6.07, 6.45) is 1.64. The van der Waals surface area contributed by atoms with E-state index < -0.39 is 5.97 Å². The minimum absolute atomic E-state index is 0.190. The number of rotatable bonds is 6. The zero-order valence-corrected chi connectivity index (χ0v) is 16.0. The van der Waals surface area contributed by atoms with Crippen LogP contribution in [0.1, 0.15) is 21.5 Å². The van der Waals surface area contributed by atoms with Gasteiger partial charge in [-0.3, -0.25) is 4.79 Å². The van der Waals surface area contributed by atoms with E-state index in [2.05, 4.69) is 4.74 Å². The molecule has 28 heavy (non-hydrogen) atoms. The summed E-state index contributed by atoms with van der Waals surface area (Å²) < 4.78 is 26.3. The van der Waals surface area contributed by atoms with E-state index in [1.807, 2.05) is 0 Å². The summed E-state index contributed by atoms with van der Waals surface area (Å²) in [4.78, 5) is 24.0. The maximum Gasteiger partial charge on any atom is 0.343 e. The first-order valence-corrected chi connectivity index (χ1v) is 8.48. The van der Waals surface area contributed by atoms with Crippen LogP contribution in [-0.2, 0) is 9.53 Å². The van der Waals surface area contributed by atoms with Crippen LogP contribution in [-0.4, -0.2) is 39.7 Å². The van der Waals surface area contributed by atoms with Gasteiger partial charge in [-0.2, -0.15) is 0 Å². The highest BCUT2D eigenvalue weighted by atomic mass is 16.6. The van der Waals surface area contributed by atoms with E-state index in [-0.39, 0.29) is 18.1 Å². The summed E-state index contributed by atoms with van der Waals surface area (Å²) in [6, 6.07) is 8.56. The number of ether oxygens (including phenoxy) is 5. The maximum absolute atomic E-state index is 12.7. The van der Waals surface area contributed by atoms with Crippen molar-refractivity contribution in [1.29, 1.82) is 0 Å². The number of carbonyl (C=O) groups excluding carboxylic acids is 2. The van der Waals surface area contributed by atoms with Crippen LogP contribution in [0.5, 0.6) is 23.0 Å². The number of fused-ring (bicyclic) bond motifs is 1. The zero-order valence-electron chi connectivity index (χ0n) is 16.0. The number of hydrogen-bond acceptors (Lipinski definition) is 7. The molecule has 1 heterocycles. The molecule has 0 N–H and O–H groups in total. The first kappa shape index (κ1) is 19.3. The predicted molar refractivity (Wildman–Crippen MR) is 101 cm³/mol. The Bertz CT molecular complexity index is 959. The molecule has 7 heteroatoms. The van der Waals surface area contributed by atoms with Crippen molar-refractivity contribution in [2.24, 2.45) is 0 Å². The van der Waals surface area contributed by atoms with Crippen molar-refractivity contribution in [3.8, 4) is 23.0 Å². The molecule has 146 valence electrons. The van der Waals surface area contributed by atoms with Gasteiger partial charge in [0.1, 0.15) is 11.5 Å². The third kappa shape index (κ3) is 3.64. The molecule has 0 atom stereocenters. The summed E-state index contributed by atoms with van der Waals surface area (Å²) in [5.74, 6) is 1.47. The van der Waals surface area contributed by atoms with Crippen molar-refractivity contribution in [2.45, 2.75) is 6.92 Å². The maximum atomic E-state index is 12.7. The number of methoxy groups -OCH3 is 3. The molecule has 0 fully saturated rings. The molecule has 0 saturated carbocycles. The summed E-state index contributed by atoms with van der Waals surface area (Å²) in [5.41, 5.74) is 1.80. The van der Waals surface area contributed by atoms with E-state index in [0.717, 1.165) is 5.56 Å². The lowest BCUT2D eigenvalue weighted by molar-refractivity contribution is -0.142. The number of carbonyl (C=O) groups is 2. The summed E-state index contributed by atoms with van der Waals surface area (Å²) >= 11 is 0. The zero-order chi connectivity index (χ0) is 20.3. The normalized spacial score (nSPS) is 13.7. The standard InChI is InChI=1S/C21H20O7/c1-12-15(27-11-19(22)26-4)8-6-14-20(23)18(28-21(12)14)10-13-5-7-16(24-2)17(9-13)25-3/h5-10H,11H2,1-4H3. The lowest BCUT2D eigenvalue weighted by atomic mass is 10.1. The van der Waals surface area contributed by atoms with Crippen LogP contribution in [0, 0.1) is 6.92 Å². The molecule has 0 radical (unpaired) electrons. The number of benzene rings is 2. The quantitative estimate of drug-likeness (QED) is 0.559. The molecule has 0 bridgehead atoms. The van der Waals surface area contributed by atoms with Gasteiger partial charge in [0.05, 0.1) is 26.9 Å². The van der Waals surface area contributed by atoms with Crippen molar-refractivity contribution in [3.05, 3.63) is 52.8 Å². The summed E-state index contributed by atoms with van der Waals surface area (Å²) in [6.45, 7) is 1.54.